The van der Waals surface area contributed by atoms with E-state index in [2.05, 4.69) is 0 Å². The molecule has 6 nitrogen and oxygen atoms in total. The Morgan fingerprint density at radius 3 is 1.87 bits per heavy atom. The molecule has 0 fully saturated rings. The predicted octanol–water partition coefficient (Wildman–Crippen LogP) is 2.23. The van der Waals surface area contributed by atoms with E-state index in [1.165, 1.54) is 0 Å². The van der Waals surface area contributed by atoms with Gasteiger partial charge in [-0.05, 0) is 19.4 Å². The van der Waals surface area contributed by atoms with Crippen LogP contribution in [0.1, 0.15) is 19.4 Å². The van der Waals surface area contributed by atoms with Crippen molar-refractivity contribution in [2.45, 2.75) is 13.8 Å². The summed E-state index contributed by atoms with van der Waals surface area (Å²) in [5, 5.41) is 18.4. The van der Waals surface area contributed by atoms with Gasteiger partial charge >= 0.3 is 11.9 Å². The molecule has 0 aromatic heterocycles. The van der Waals surface area contributed by atoms with Gasteiger partial charge in [0, 0.05) is 5.57 Å². The van der Waals surface area contributed by atoms with E-state index in [0.29, 0.717) is 5.56 Å². The third-order valence-corrected chi connectivity index (χ3v) is 2.91. The van der Waals surface area contributed by atoms with Gasteiger partial charge in [-0.15, -0.1) is 0 Å². The third kappa shape index (κ3) is 4.42. The topological polar surface area (TPSA) is 100 Å². The summed E-state index contributed by atoms with van der Waals surface area (Å²) in [5.74, 6) is -3.19. The second kappa shape index (κ2) is 9.01. The monoisotopic (exact) mass is 312 g/mol. The van der Waals surface area contributed by atoms with Gasteiger partial charge in [0.1, 0.15) is 17.7 Å². The van der Waals surface area contributed by atoms with Gasteiger partial charge in [-0.1, -0.05) is 30.3 Å². The van der Waals surface area contributed by atoms with Crippen molar-refractivity contribution in [3.8, 4) is 12.1 Å². The molecule has 0 saturated carbocycles. The first-order valence-electron chi connectivity index (χ1n) is 7.03. The predicted molar refractivity (Wildman–Crippen MR) is 81.3 cm³/mol. The number of rotatable bonds is 6. The third-order valence-electron chi connectivity index (χ3n) is 2.91. The Bertz CT molecular complexity index is 647. The number of nitrogens with zero attached hydrogens (tertiary/aromatic N) is 2. The molecule has 0 bridgehead atoms. The molecule has 0 heterocycles. The summed E-state index contributed by atoms with van der Waals surface area (Å²) >= 11 is 0. The smallest absolute Gasteiger partial charge is 0.324 e. The largest absolute Gasteiger partial charge is 0.465 e. The van der Waals surface area contributed by atoms with Crippen LogP contribution in [0, 0.1) is 28.6 Å². The molecule has 23 heavy (non-hydrogen) atoms. The molecule has 0 saturated heterocycles. The van der Waals surface area contributed by atoms with Crippen LogP contribution in [0.5, 0.6) is 0 Å². The highest BCUT2D eigenvalue weighted by Crippen LogP contribution is 2.29. The molecule has 118 valence electrons. The maximum absolute atomic E-state index is 12.2. The van der Waals surface area contributed by atoms with Gasteiger partial charge in [-0.3, -0.25) is 9.59 Å². The molecule has 6 heteroatoms. The quantitative estimate of drug-likeness (QED) is 0.453. The minimum atomic E-state index is -1.48. The first-order valence-corrected chi connectivity index (χ1v) is 7.03. The Morgan fingerprint density at radius 1 is 1.00 bits per heavy atom. The number of nitriles is 2. The molecular formula is C17H16N2O4. The summed E-state index contributed by atoms with van der Waals surface area (Å²) in [6, 6.07) is 11.8. The highest BCUT2D eigenvalue weighted by atomic mass is 16.6. The summed E-state index contributed by atoms with van der Waals surface area (Å²) in [5.41, 5.74) is 0.0755. The fraction of sp³-hybridized carbons (Fsp3) is 0.294. The lowest BCUT2D eigenvalue weighted by Gasteiger charge is -2.18. The van der Waals surface area contributed by atoms with Crippen LogP contribution in [0.15, 0.2) is 35.9 Å². The standard InChI is InChI=1S/C17H16N2O4/c1-3-22-16(20)15(17(21)23-4-2)14(13(10-18)11-19)12-8-6-5-7-9-12/h5-9,15H,3-4H2,1-2H3. The number of carbonyl (C=O) groups is 2. The molecule has 0 N–H and O–H groups in total. The highest BCUT2D eigenvalue weighted by Gasteiger charge is 2.36. The Morgan fingerprint density at radius 2 is 1.48 bits per heavy atom. The molecule has 0 radical (unpaired) electrons. The molecule has 1 aromatic rings. The summed E-state index contributed by atoms with van der Waals surface area (Å²) in [7, 11) is 0. The number of ether oxygens (including phenoxy) is 2. The van der Waals surface area contributed by atoms with Crippen LogP contribution < -0.4 is 0 Å². The molecule has 0 aliphatic heterocycles. The van der Waals surface area contributed by atoms with E-state index >= 15 is 0 Å². The van der Waals surface area contributed by atoms with E-state index < -0.39 is 17.9 Å². The molecule has 0 unspecified atom stereocenters. The summed E-state index contributed by atoms with van der Waals surface area (Å²) in [6.45, 7) is 3.32. The lowest BCUT2D eigenvalue weighted by Crippen LogP contribution is -2.30. The number of carbonyl (C=O) groups excluding carboxylic acids is 2. The lowest BCUT2D eigenvalue weighted by atomic mass is 9.88. The average Bonchev–Trinajstić information content (AvgIpc) is 2.56. The van der Waals surface area contributed by atoms with Gasteiger partial charge in [0.05, 0.1) is 13.2 Å². The van der Waals surface area contributed by atoms with E-state index in [0.717, 1.165) is 0 Å². The normalized spacial score (nSPS) is 9.43. The van der Waals surface area contributed by atoms with Gasteiger partial charge < -0.3 is 9.47 Å². The number of esters is 2. The van der Waals surface area contributed by atoms with Crippen LogP contribution >= 0.6 is 0 Å². The van der Waals surface area contributed by atoms with Crippen molar-refractivity contribution in [3.05, 3.63) is 41.5 Å². The molecule has 0 spiro atoms. The van der Waals surface area contributed by atoms with E-state index in [4.69, 9.17) is 9.47 Å². The van der Waals surface area contributed by atoms with Gasteiger partial charge in [-0.2, -0.15) is 10.5 Å². The van der Waals surface area contributed by atoms with Crippen molar-refractivity contribution in [1.82, 2.24) is 0 Å². The highest BCUT2D eigenvalue weighted by molar-refractivity contribution is 6.08. The molecule has 1 aromatic carbocycles. The van der Waals surface area contributed by atoms with E-state index in [-0.39, 0.29) is 24.4 Å². The minimum Gasteiger partial charge on any atom is -0.465 e. The Kier molecular flexibility index (Phi) is 7.03. The fourth-order valence-corrected chi connectivity index (χ4v) is 2.00. The van der Waals surface area contributed by atoms with Gasteiger partial charge in [0.15, 0.2) is 5.92 Å². The van der Waals surface area contributed by atoms with Gasteiger partial charge in [0.25, 0.3) is 0 Å². The zero-order valence-corrected chi connectivity index (χ0v) is 12.9. The second-order valence-electron chi connectivity index (χ2n) is 4.32. The van der Waals surface area contributed by atoms with E-state index in [9.17, 15) is 20.1 Å². The molecule has 0 aliphatic rings. The minimum absolute atomic E-state index is 0.00694. The maximum Gasteiger partial charge on any atom is 0.324 e. The van der Waals surface area contributed by atoms with E-state index in [1.54, 1.807) is 56.3 Å². The number of hydrogen-bond acceptors (Lipinski definition) is 6. The summed E-state index contributed by atoms with van der Waals surface area (Å²) < 4.78 is 9.84. The van der Waals surface area contributed by atoms with E-state index in [1.807, 2.05) is 0 Å². The average molecular weight is 312 g/mol. The van der Waals surface area contributed by atoms with Crippen LogP contribution in [0.3, 0.4) is 0 Å². The molecule has 0 aliphatic carbocycles. The molecule has 1 rings (SSSR count). The first kappa shape index (κ1) is 17.9. The fourth-order valence-electron chi connectivity index (χ4n) is 2.00. The van der Waals surface area contributed by atoms with Crippen molar-refractivity contribution >= 4 is 17.5 Å². The summed E-state index contributed by atoms with van der Waals surface area (Å²) in [4.78, 5) is 24.5. The molecular weight excluding hydrogens is 296 g/mol. The van der Waals surface area contributed by atoms with Gasteiger partial charge in [0.2, 0.25) is 0 Å². The van der Waals surface area contributed by atoms with Crippen molar-refractivity contribution < 1.29 is 19.1 Å². The van der Waals surface area contributed by atoms with Crippen LogP contribution in [0.25, 0.3) is 5.57 Å². The van der Waals surface area contributed by atoms with Crippen LogP contribution in [-0.4, -0.2) is 25.2 Å². The lowest BCUT2D eigenvalue weighted by molar-refractivity contribution is -0.158. The number of benzene rings is 1. The Balaban J connectivity index is 3.55. The van der Waals surface area contributed by atoms with Crippen molar-refractivity contribution in [1.29, 1.82) is 10.5 Å². The van der Waals surface area contributed by atoms with Crippen LogP contribution in [-0.2, 0) is 19.1 Å². The number of hydrogen-bond donors (Lipinski definition) is 0. The molecule has 0 atom stereocenters. The van der Waals surface area contributed by atoms with Crippen molar-refractivity contribution in [2.75, 3.05) is 13.2 Å². The van der Waals surface area contributed by atoms with Crippen LogP contribution in [0.2, 0.25) is 0 Å². The zero-order valence-electron chi connectivity index (χ0n) is 12.9. The zero-order chi connectivity index (χ0) is 17.2. The maximum atomic E-state index is 12.2. The number of allylic oxidation sites excluding steroid dienone is 1. The second-order valence-corrected chi connectivity index (χ2v) is 4.32. The summed E-state index contributed by atoms with van der Waals surface area (Å²) in [6.07, 6.45) is 0. The first-order chi connectivity index (χ1) is 11.1. The Labute approximate surface area is 134 Å². The van der Waals surface area contributed by atoms with Crippen molar-refractivity contribution in [2.24, 2.45) is 5.92 Å². The Hall–Kier alpha value is -3.12. The van der Waals surface area contributed by atoms with Gasteiger partial charge in [-0.25, -0.2) is 0 Å². The SMILES string of the molecule is CCOC(=O)C(C(=O)OCC)C(=C(C#N)C#N)c1ccccc1. The van der Waals surface area contributed by atoms with Crippen LogP contribution in [0.4, 0.5) is 0 Å². The van der Waals surface area contributed by atoms with Crippen molar-refractivity contribution in [3.63, 3.8) is 0 Å². The molecule has 0 amide bonds.